The van der Waals surface area contributed by atoms with Crippen LogP contribution in [0.4, 0.5) is 0 Å². The van der Waals surface area contributed by atoms with Crippen LogP contribution in [0.5, 0.6) is 0 Å². The molecule has 0 aliphatic carbocycles. The molecule has 0 aliphatic heterocycles. The third-order valence-electron chi connectivity index (χ3n) is 2.69. The van der Waals surface area contributed by atoms with E-state index in [0.717, 1.165) is 5.56 Å². The van der Waals surface area contributed by atoms with Gasteiger partial charge in [-0.25, -0.2) is 0 Å². The minimum Gasteiger partial charge on any atom is -0.298 e. The Kier molecular flexibility index (Phi) is 3.16. The van der Waals surface area contributed by atoms with Crippen molar-refractivity contribution in [3.8, 4) is 18.0 Å². The zero-order valence-electron chi connectivity index (χ0n) is 9.96. The van der Waals surface area contributed by atoms with Crippen LogP contribution in [0.3, 0.4) is 0 Å². The summed E-state index contributed by atoms with van der Waals surface area (Å²) in [5, 5.41) is 0. The fraction of sp³-hybridized carbons (Fsp3) is 0.143. The summed E-state index contributed by atoms with van der Waals surface area (Å²) in [6, 6.07) is 7.38. The number of aromatic nitrogens is 2. The maximum Gasteiger partial charge on any atom is 0.321 e. The van der Waals surface area contributed by atoms with E-state index >= 15 is 0 Å². The summed E-state index contributed by atoms with van der Waals surface area (Å²) in [7, 11) is 0. The van der Waals surface area contributed by atoms with Crippen LogP contribution in [0, 0.1) is 19.3 Å². The predicted octanol–water partition coefficient (Wildman–Crippen LogP) is 0.941. The summed E-state index contributed by atoms with van der Waals surface area (Å²) in [6.45, 7) is 1.98. The molecule has 4 nitrogen and oxygen atoms in total. The molecule has 18 heavy (non-hydrogen) atoms. The van der Waals surface area contributed by atoms with Gasteiger partial charge in [-0.15, -0.1) is 6.42 Å². The van der Waals surface area contributed by atoms with Gasteiger partial charge >= 0.3 is 11.1 Å². The van der Waals surface area contributed by atoms with Crippen LogP contribution in [0.1, 0.15) is 5.56 Å². The lowest BCUT2D eigenvalue weighted by molar-refractivity contribution is 0.743. The van der Waals surface area contributed by atoms with Gasteiger partial charge in [0.15, 0.2) is 0 Å². The van der Waals surface area contributed by atoms with E-state index < -0.39 is 11.1 Å². The fourth-order valence-electron chi connectivity index (χ4n) is 1.75. The molecule has 0 saturated heterocycles. The van der Waals surface area contributed by atoms with Crippen molar-refractivity contribution in [2.24, 2.45) is 0 Å². The highest BCUT2D eigenvalue weighted by Crippen LogP contribution is 2.09. The molecule has 0 fully saturated rings. The molecule has 0 atom stereocenters. The Bertz CT molecular complexity index is 732. The van der Waals surface area contributed by atoms with Gasteiger partial charge in [0.25, 0.3) is 0 Å². The lowest BCUT2D eigenvalue weighted by atomic mass is 10.2. The van der Waals surface area contributed by atoms with Crippen molar-refractivity contribution < 1.29 is 0 Å². The van der Waals surface area contributed by atoms with Gasteiger partial charge in [-0.05, 0) is 18.6 Å². The molecule has 1 aromatic carbocycles. The molecule has 2 rings (SSSR count). The SMILES string of the molecule is C#CCn1ccn(-c2ccccc2C)c(=O)c1=O. The van der Waals surface area contributed by atoms with Gasteiger partial charge in [0.2, 0.25) is 0 Å². The topological polar surface area (TPSA) is 44.0 Å². The third kappa shape index (κ3) is 1.98. The maximum atomic E-state index is 12.0. The molecule has 0 radical (unpaired) electrons. The van der Waals surface area contributed by atoms with E-state index in [1.165, 1.54) is 15.3 Å². The average molecular weight is 240 g/mol. The van der Waals surface area contributed by atoms with Crippen molar-refractivity contribution in [2.75, 3.05) is 0 Å². The zero-order chi connectivity index (χ0) is 13.1. The van der Waals surface area contributed by atoms with Gasteiger partial charge < -0.3 is 0 Å². The Morgan fingerprint density at radius 3 is 2.56 bits per heavy atom. The summed E-state index contributed by atoms with van der Waals surface area (Å²) in [5.74, 6) is 2.34. The van der Waals surface area contributed by atoms with Crippen LogP contribution < -0.4 is 11.1 Å². The van der Waals surface area contributed by atoms with Crippen LogP contribution in [-0.2, 0) is 6.54 Å². The Morgan fingerprint density at radius 1 is 1.17 bits per heavy atom. The van der Waals surface area contributed by atoms with Crippen molar-refractivity contribution in [1.29, 1.82) is 0 Å². The van der Waals surface area contributed by atoms with Gasteiger partial charge in [0.05, 0.1) is 12.2 Å². The average Bonchev–Trinajstić information content (AvgIpc) is 2.37. The Hall–Kier alpha value is -2.54. The largest absolute Gasteiger partial charge is 0.321 e. The van der Waals surface area contributed by atoms with Gasteiger partial charge in [-0.3, -0.25) is 18.7 Å². The lowest BCUT2D eigenvalue weighted by Gasteiger charge is -2.09. The summed E-state index contributed by atoms with van der Waals surface area (Å²) < 4.78 is 2.56. The first kappa shape index (κ1) is 11.9. The summed E-state index contributed by atoms with van der Waals surface area (Å²) in [6.07, 6.45) is 8.22. The first-order valence-electron chi connectivity index (χ1n) is 5.46. The van der Waals surface area contributed by atoms with Crippen molar-refractivity contribution >= 4 is 0 Å². The lowest BCUT2D eigenvalue weighted by Crippen LogP contribution is -2.40. The minimum absolute atomic E-state index is 0.0999. The van der Waals surface area contributed by atoms with E-state index in [9.17, 15) is 9.59 Å². The second-order valence-corrected chi connectivity index (χ2v) is 3.90. The van der Waals surface area contributed by atoms with E-state index in [1.807, 2.05) is 25.1 Å². The summed E-state index contributed by atoms with van der Waals surface area (Å²) in [5.41, 5.74) is 0.418. The molecule has 0 unspecified atom stereocenters. The van der Waals surface area contributed by atoms with Crippen molar-refractivity contribution in [3.63, 3.8) is 0 Å². The number of hydrogen-bond acceptors (Lipinski definition) is 2. The van der Waals surface area contributed by atoms with Crippen LogP contribution in [0.2, 0.25) is 0 Å². The van der Waals surface area contributed by atoms with Crippen LogP contribution >= 0.6 is 0 Å². The number of terminal acetylenes is 1. The second-order valence-electron chi connectivity index (χ2n) is 3.90. The zero-order valence-corrected chi connectivity index (χ0v) is 9.96. The van der Waals surface area contributed by atoms with Crippen molar-refractivity contribution in [3.05, 3.63) is 62.9 Å². The Balaban J connectivity index is 2.67. The minimum atomic E-state index is -0.612. The molecular formula is C14H12N2O2. The Labute approximate surface area is 104 Å². The fourth-order valence-corrected chi connectivity index (χ4v) is 1.75. The van der Waals surface area contributed by atoms with Gasteiger partial charge in [0, 0.05) is 12.4 Å². The molecule has 0 N–H and O–H groups in total. The number of hydrogen-bond donors (Lipinski definition) is 0. The van der Waals surface area contributed by atoms with E-state index in [1.54, 1.807) is 12.3 Å². The van der Waals surface area contributed by atoms with E-state index in [-0.39, 0.29) is 6.54 Å². The molecule has 1 heterocycles. The van der Waals surface area contributed by atoms with Gasteiger partial charge in [-0.2, -0.15) is 0 Å². The standard InChI is InChI=1S/C14H12N2O2/c1-3-8-15-9-10-16(14(18)13(15)17)12-7-5-4-6-11(12)2/h1,4-7,9-10H,8H2,2H3. The molecule has 4 heteroatoms. The van der Waals surface area contributed by atoms with Crippen LogP contribution in [-0.4, -0.2) is 9.13 Å². The molecule has 0 aliphatic rings. The van der Waals surface area contributed by atoms with Gasteiger partial charge in [0.1, 0.15) is 0 Å². The monoisotopic (exact) mass is 240 g/mol. The van der Waals surface area contributed by atoms with E-state index in [0.29, 0.717) is 5.69 Å². The molecule has 0 bridgehead atoms. The molecule has 90 valence electrons. The summed E-state index contributed by atoms with van der Waals surface area (Å²) in [4.78, 5) is 23.8. The first-order chi connectivity index (χ1) is 8.65. The van der Waals surface area contributed by atoms with E-state index in [2.05, 4.69) is 5.92 Å². The highest BCUT2D eigenvalue weighted by molar-refractivity contribution is 5.39. The Morgan fingerprint density at radius 2 is 1.89 bits per heavy atom. The first-order valence-corrected chi connectivity index (χ1v) is 5.46. The number of benzene rings is 1. The molecule has 0 saturated carbocycles. The number of nitrogens with zero attached hydrogens (tertiary/aromatic N) is 2. The van der Waals surface area contributed by atoms with Crippen LogP contribution in [0.15, 0.2) is 46.2 Å². The van der Waals surface area contributed by atoms with Gasteiger partial charge in [-0.1, -0.05) is 24.1 Å². The molecule has 2 aromatic rings. The quantitative estimate of drug-likeness (QED) is 0.579. The number of aryl methyl sites for hydroxylation is 1. The summed E-state index contributed by atoms with van der Waals surface area (Å²) >= 11 is 0. The molecular weight excluding hydrogens is 228 g/mol. The van der Waals surface area contributed by atoms with Crippen molar-refractivity contribution in [1.82, 2.24) is 9.13 Å². The highest BCUT2D eigenvalue weighted by Gasteiger charge is 2.07. The van der Waals surface area contributed by atoms with E-state index in [4.69, 9.17) is 6.42 Å². The number of rotatable bonds is 2. The normalized spacial score (nSPS) is 10.0. The third-order valence-corrected chi connectivity index (χ3v) is 2.69. The van der Waals surface area contributed by atoms with Crippen molar-refractivity contribution in [2.45, 2.75) is 13.5 Å². The number of para-hydroxylation sites is 1. The highest BCUT2D eigenvalue weighted by atomic mass is 16.2. The van der Waals surface area contributed by atoms with Crippen LogP contribution in [0.25, 0.3) is 5.69 Å². The molecule has 0 amide bonds. The molecule has 1 aromatic heterocycles. The second kappa shape index (κ2) is 4.76. The molecule has 0 spiro atoms. The maximum absolute atomic E-state index is 12.0. The predicted molar refractivity (Wildman–Crippen MR) is 69.9 cm³/mol. The smallest absolute Gasteiger partial charge is 0.298 e.